The first-order chi connectivity index (χ1) is 8.95. The second-order valence-corrected chi connectivity index (χ2v) is 6.01. The Bertz CT molecular complexity index is 444. The zero-order chi connectivity index (χ0) is 14.2. The molecular formula is C16H26N2O. The monoisotopic (exact) mass is 262 g/mol. The summed E-state index contributed by atoms with van der Waals surface area (Å²) >= 11 is 0. The molecule has 0 amide bonds. The summed E-state index contributed by atoms with van der Waals surface area (Å²) in [5.74, 6) is 1.53. The van der Waals surface area contributed by atoms with Crippen LogP contribution in [0.25, 0.3) is 0 Å². The molecular weight excluding hydrogens is 236 g/mol. The van der Waals surface area contributed by atoms with E-state index in [1.54, 1.807) is 7.11 Å². The Kier molecular flexibility index (Phi) is 4.16. The fraction of sp³-hybridized carbons (Fsp3) is 0.625. The zero-order valence-corrected chi connectivity index (χ0v) is 12.7. The highest BCUT2D eigenvalue weighted by molar-refractivity contribution is 5.42. The maximum absolute atomic E-state index is 6.46. The molecule has 3 atom stereocenters. The molecule has 3 heteroatoms. The lowest BCUT2D eigenvalue weighted by molar-refractivity contribution is 0.136. The Labute approximate surface area is 116 Å². The molecule has 0 aromatic heterocycles. The van der Waals surface area contributed by atoms with Crippen LogP contribution in [0, 0.1) is 5.92 Å². The highest BCUT2D eigenvalue weighted by Gasteiger charge is 2.34. The average Bonchev–Trinajstić information content (AvgIpc) is 2.73. The number of hydrogen-bond donors (Lipinski definition) is 1. The minimum Gasteiger partial charge on any atom is -0.497 e. The maximum atomic E-state index is 6.46. The van der Waals surface area contributed by atoms with Crippen LogP contribution in [0.3, 0.4) is 0 Å². The normalized spacial score (nSPS) is 23.8. The summed E-state index contributed by atoms with van der Waals surface area (Å²) in [7, 11) is 3.89. The Morgan fingerprint density at radius 2 is 2.00 bits per heavy atom. The molecule has 3 unspecified atom stereocenters. The number of fused-ring (bicyclic) bond motifs is 1. The van der Waals surface area contributed by atoms with E-state index in [4.69, 9.17) is 10.5 Å². The van der Waals surface area contributed by atoms with Crippen LogP contribution in [0.4, 0.5) is 0 Å². The van der Waals surface area contributed by atoms with Crippen LogP contribution in [-0.4, -0.2) is 31.1 Å². The van der Waals surface area contributed by atoms with Gasteiger partial charge >= 0.3 is 0 Å². The van der Waals surface area contributed by atoms with Crippen molar-refractivity contribution in [3.8, 4) is 5.75 Å². The maximum Gasteiger partial charge on any atom is 0.119 e. The van der Waals surface area contributed by atoms with Crippen molar-refractivity contribution in [2.45, 2.75) is 45.3 Å². The summed E-state index contributed by atoms with van der Waals surface area (Å²) in [4.78, 5) is 2.43. The highest BCUT2D eigenvalue weighted by Crippen LogP contribution is 2.35. The molecule has 1 aromatic carbocycles. The molecule has 1 aliphatic rings. The molecule has 0 spiro atoms. The Hall–Kier alpha value is -1.06. The van der Waals surface area contributed by atoms with Crippen LogP contribution in [0.15, 0.2) is 18.2 Å². The van der Waals surface area contributed by atoms with Gasteiger partial charge in [-0.3, -0.25) is 4.90 Å². The summed E-state index contributed by atoms with van der Waals surface area (Å²) in [6.45, 7) is 6.80. The molecule has 0 aliphatic heterocycles. The van der Waals surface area contributed by atoms with Crippen molar-refractivity contribution in [1.29, 1.82) is 0 Å². The molecule has 19 heavy (non-hydrogen) atoms. The lowest BCUT2D eigenvalue weighted by atomic mass is 10.0. The van der Waals surface area contributed by atoms with Crippen molar-refractivity contribution in [2.75, 3.05) is 14.2 Å². The van der Waals surface area contributed by atoms with Gasteiger partial charge in [0.25, 0.3) is 0 Å². The van der Waals surface area contributed by atoms with Crippen molar-refractivity contribution in [3.05, 3.63) is 29.3 Å². The Balaban J connectivity index is 2.21. The smallest absolute Gasteiger partial charge is 0.119 e. The third kappa shape index (κ3) is 2.63. The van der Waals surface area contributed by atoms with Crippen molar-refractivity contribution in [3.63, 3.8) is 0 Å². The number of likely N-dealkylation sites (N-methyl/N-ethyl adjacent to an activating group) is 1. The van der Waals surface area contributed by atoms with Crippen LogP contribution in [0.2, 0.25) is 0 Å². The van der Waals surface area contributed by atoms with Gasteiger partial charge in [-0.2, -0.15) is 0 Å². The van der Waals surface area contributed by atoms with E-state index >= 15 is 0 Å². The molecule has 0 radical (unpaired) electrons. The molecule has 1 aromatic rings. The van der Waals surface area contributed by atoms with Gasteiger partial charge in [-0.05, 0) is 49.6 Å². The van der Waals surface area contributed by atoms with Gasteiger partial charge in [-0.25, -0.2) is 0 Å². The standard InChI is InChI=1S/C16H26N2O/c1-10(2)11(3)18(4)15-8-12-6-7-13(19-5)9-14(12)16(15)17/h6-7,9-11,15-16H,8,17H2,1-5H3. The molecule has 0 saturated heterocycles. The molecule has 0 saturated carbocycles. The van der Waals surface area contributed by atoms with Crippen LogP contribution >= 0.6 is 0 Å². The molecule has 0 fully saturated rings. The van der Waals surface area contributed by atoms with Crippen LogP contribution in [-0.2, 0) is 6.42 Å². The van der Waals surface area contributed by atoms with Crippen LogP contribution in [0.5, 0.6) is 5.75 Å². The lowest BCUT2D eigenvalue weighted by Crippen LogP contribution is -2.45. The number of hydrogen-bond acceptors (Lipinski definition) is 3. The molecule has 1 aliphatic carbocycles. The van der Waals surface area contributed by atoms with Crippen LogP contribution < -0.4 is 10.5 Å². The summed E-state index contributed by atoms with van der Waals surface area (Å²) < 4.78 is 5.30. The zero-order valence-electron chi connectivity index (χ0n) is 12.7. The molecule has 3 nitrogen and oxygen atoms in total. The third-order valence-electron chi connectivity index (χ3n) is 4.69. The highest BCUT2D eigenvalue weighted by atomic mass is 16.5. The number of ether oxygens (including phenoxy) is 1. The first-order valence-electron chi connectivity index (χ1n) is 7.10. The van der Waals surface area contributed by atoms with E-state index in [1.807, 2.05) is 6.07 Å². The molecule has 106 valence electrons. The van der Waals surface area contributed by atoms with Crippen molar-refractivity contribution in [1.82, 2.24) is 4.90 Å². The van der Waals surface area contributed by atoms with Crippen molar-refractivity contribution >= 4 is 0 Å². The number of nitrogens with two attached hydrogens (primary N) is 1. The summed E-state index contributed by atoms with van der Waals surface area (Å²) in [6, 6.07) is 7.28. The summed E-state index contributed by atoms with van der Waals surface area (Å²) in [5, 5.41) is 0. The Morgan fingerprint density at radius 3 is 2.58 bits per heavy atom. The molecule has 0 bridgehead atoms. The van der Waals surface area contributed by atoms with E-state index in [2.05, 4.69) is 44.9 Å². The van der Waals surface area contributed by atoms with Gasteiger partial charge in [0, 0.05) is 18.1 Å². The van der Waals surface area contributed by atoms with Crippen molar-refractivity contribution in [2.24, 2.45) is 11.7 Å². The van der Waals surface area contributed by atoms with E-state index in [0.717, 1.165) is 12.2 Å². The first kappa shape index (κ1) is 14.4. The van der Waals surface area contributed by atoms with Gasteiger partial charge in [0.05, 0.1) is 7.11 Å². The number of methoxy groups -OCH3 is 1. The minimum absolute atomic E-state index is 0.0799. The molecule has 2 rings (SSSR count). The number of rotatable bonds is 4. The number of nitrogens with zero attached hydrogens (tertiary/aromatic N) is 1. The summed E-state index contributed by atoms with van der Waals surface area (Å²) in [6.07, 6.45) is 1.04. The second kappa shape index (κ2) is 5.51. The third-order valence-corrected chi connectivity index (χ3v) is 4.69. The lowest BCUT2D eigenvalue weighted by Gasteiger charge is -2.35. The van der Waals surface area contributed by atoms with Crippen molar-refractivity contribution < 1.29 is 4.74 Å². The average molecular weight is 262 g/mol. The summed E-state index contributed by atoms with van der Waals surface area (Å²) in [5.41, 5.74) is 9.06. The van der Waals surface area contributed by atoms with E-state index in [-0.39, 0.29) is 6.04 Å². The quantitative estimate of drug-likeness (QED) is 0.906. The number of benzene rings is 1. The predicted octanol–water partition coefficient (Wildman–Crippen LogP) is 2.60. The SMILES string of the molecule is COc1ccc2c(c1)C(N)C(N(C)C(C)C(C)C)C2. The van der Waals surface area contributed by atoms with Gasteiger partial charge in [-0.1, -0.05) is 19.9 Å². The van der Waals surface area contributed by atoms with Gasteiger partial charge in [0.1, 0.15) is 5.75 Å². The van der Waals surface area contributed by atoms with Crippen LogP contribution in [0.1, 0.15) is 37.9 Å². The predicted molar refractivity (Wildman–Crippen MR) is 79.5 cm³/mol. The van der Waals surface area contributed by atoms with Gasteiger partial charge in [0.2, 0.25) is 0 Å². The second-order valence-electron chi connectivity index (χ2n) is 6.01. The molecule has 0 heterocycles. The topological polar surface area (TPSA) is 38.5 Å². The van der Waals surface area contributed by atoms with E-state index in [9.17, 15) is 0 Å². The van der Waals surface area contributed by atoms with Gasteiger partial charge in [-0.15, -0.1) is 0 Å². The van der Waals surface area contributed by atoms with Gasteiger partial charge in [0.15, 0.2) is 0 Å². The fourth-order valence-electron chi connectivity index (χ4n) is 2.93. The first-order valence-corrected chi connectivity index (χ1v) is 7.10. The largest absolute Gasteiger partial charge is 0.497 e. The minimum atomic E-state index is 0.0799. The fourth-order valence-corrected chi connectivity index (χ4v) is 2.93. The van der Waals surface area contributed by atoms with E-state index < -0.39 is 0 Å². The van der Waals surface area contributed by atoms with E-state index in [0.29, 0.717) is 18.0 Å². The van der Waals surface area contributed by atoms with Gasteiger partial charge < -0.3 is 10.5 Å². The molecule has 2 N–H and O–H groups in total. The van der Waals surface area contributed by atoms with E-state index in [1.165, 1.54) is 11.1 Å². The Morgan fingerprint density at radius 1 is 1.32 bits per heavy atom.